The number of nitrogens with one attached hydrogen (secondary N) is 1. The number of aromatic amines is 1. The molecule has 3 rings (SSSR count). The summed E-state index contributed by atoms with van der Waals surface area (Å²) in [7, 11) is 1.71. The minimum atomic E-state index is 0.935. The van der Waals surface area contributed by atoms with Crippen LogP contribution in [-0.2, 0) is 6.42 Å². The average molecular weight is 226 g/mol. The molecule has 0 aliphatic heterocycles. The molecule has 0 atom stereocenters. The molecule has 0 fully saturated rings. The first-order valence-corrected chi connectivity index (χ1v) is 5.73. The number of fused-ring (bicyclic) bond motifs is 1. The third-order valence-electron chi connectivity index (χ3n) is 3.16. The molecule has 1 aromatic heterocycles. The highest BCUT2D eigenvalue weighted by atomic mass is 16.5. The van der Waals surface area contributed by atoms with Crippen molar-refractivity contribution >= 4 is 11.6 Å². The van der Waals surface area contributed by atoms with Gasteiger partial charge in [0, 0.05) is 6.20 Å². The Bertz CT molecular complexity index is 556. The van der Waals surface area contributed by atoms with E-state index in [1.54, 1.807) is 13.4 Å². The van der Waals surface area contributed by atoms with E-state index in [2.05, 4.69) is 28.2 Å². The standard InChI is InChI=1S/C14H14N2O/c1-17-13-4-5-14-10(2-3-11(14)7-13)6-12-8-15-9-16-12/h4-9H,2-3H2,1H3,(H,15,16)/b10-6-. The lowest BCUT2D eigenvalue weighted by atomic mass is 10.1. The first-order valence-electron chi connectivity index (χ1n) is 5.73. The summed E-state index contributed by atoms with van der Waals surface area (Å²) >= 11 is 0. The van der Waals surface area contributed by atoms with E-state index in [1.165, 1.54) is 16.7 Å². The molecule has 0 bridgehead atoms. The zero-order valence-corrected chi connectivity index (χ0v) is 9.73. The van der Waals surface area contributed by atoms with Crippen molar-refractivity contribution in [2.45, 2.75) is 12.8 Å². The lowest BCUT2D eigenvalue weighted by Gasteiger charge is -2.03. The normalized spacial score (nSPS) is 16.2. The zero-order chi connectivity index (χ0) is 11.7. The van der Waals surface area contributed by atoms with Crippen molar-refractivity contribution < 1.29 is 4.74 Å². The van der Waals surface area contributed by atoms with Crippen LogP contribution >= 0.6 is 0 Å². The predicted octanol–water partition coefficient (Wildman–Crippen LogP) is 2.91. The van der Waals surface area contributed by atoms with E-state index in [9.17, 15) is 0 Å². The first-order chi connectivity index (χ1) is 8.36. The SMILES string of the molecule is COc1ccc2c(c1)CC/C2=C/c1c[nH]cn1. The molecule has 1 aromatic carbocycles. The molecule has 0 radical (unpaired) electrons. The van der Waals surface area contributed by atoms with Crippen LogP contribution in [0.1, 0.15) is 23.2 Å². The van der Waals surface area contributed by atoms with Gasteiger partial charge in [0.1, 0.15) is 5.75 Å². The number of rotatable bonds is 2. The van der Waals surface area contributed by atoms with Gasteiger partial charge in [0.05, 0.1) is 19.1 Å². The number of ether oxygens (including phenoxy) is 1. The van der Waals surface area contributed by atoms with Gasteiger partial charge in [0.15, 0.2) is 0 Å². The monoisotopic (exact) mass is 226 g/mol. The van der Waals surface area contributed by atoms with Crippen LogP contribution < -0.4 is 4.74 Å². The molecular formula is C14H14N2O. The smallest absolute Gasteiger partial charge is 0.119 e. The molecule has 1 aliphatic carbocycles. The van der Waals surface area contributed by atoms with Crippen LogP contribution in [0.5, 0.6) is 5.75 Å². The number of nitrogens with zero attached hydrogens (tertiary/aromatic N) is 1. The largest absolute Gasteiger partial charge is 0.497 e. The molecule has 0 saturated heterocycles. The summed E-state index contributed by atoms with van der Waals surface area (Å²) in [5, 5.41) is 0. The topological polar surface area (TPSA) is 37.9 Å². The van der Waals surface area contributed by atoms with Gasteiger partial charge in [-0.25, -0.2) is 4.98 Å². The number of aryl methyl sites for hydroxylation is 1. The van der Waals surface area contributed by atoms with Crippen molar-refractivity contribution in [3.63, 3.8) is 0 Å². The van der Waals surface area contributed by atoms with Gasteiger partial charge in [-0.3, -0.25) is 0 Å². The summed E-state index contributed by atoms with van der Waals surface area (Å²) in [6, 6.07) is 6.28. The Morgan fingerprint density at radius 3 is 3.06 bits per heavy atom. The van der Waals surface area contributed by atoms with Crippen LogP contribution in [0.3, 0.4) is 0 Å². The number of hydrogen-bond donors (Lipinski definition) is 1. The third kappa shape index (κ3) is 1.84. The fourth-order valence-electron chi connectivity index (χ4n) is 2.30. The van der Waals surface area contributed by atoms with E-state index >= 15 is 0 Å². The number of aromatic nitrogens is 2. The molecule has 0 saturated carbocycles. The molecule has 0 unspecified atom stereocenters. The number of H-pyrrole nitrogens is 1. The van der Waals surface area contributed by atoms with Crippen molar-refractivity contribution in [3.8, 4) is 5.75 Å². The predicted molar refractivity (Wildman–Crippen MR) is 67.8 cm³/mol. The summed E-state index contributed by atoms with van der Waals surface area (Å²) in [6.07, 6.45) is 7.93. The third-order valence-corrected chi connectivity index (χ3v) is 3.16. The van der Waals surface area contributed by atoms with E-state index in [1.807, 2.05) is 12.3 Å². The van der Waals surface area contributed by atoms with Crippen LogP contribution in [0.25, 0.3) is 11.6 Å². The Balaban J connectivity index is 1.99. The number of hydrogen-bond acceptors (Lipinski definition) is 2. The van der Waals surface area contributed by atoms with Crippen molar-refractivity contribution in [3.05, 3.63) is 47.5 Å². The Hall–Kier alpha value is -2.03. The summed E-state index contributed by atoms with van der Waals surface area (Å²) in [5.41, 5.74) is 5.04. The van der Waals surface area contributed by atoms with E-state index < -0.39 is 0 Å². The Morgan fingerprint density at radius 2 is 2.29 bits per heavy atom. The van der Waals surface area contributed by atoms with Gasteiger partial charge in [0.2, 0.25) is 0 Å². The molecule has 17 heavy (non-hydrogen) atoms. The Morgan fingerprint density at radius 1 is 1.35 bits per heavy atom. The second-order valence-electron chi connectivity index (χ2n) is 4.19. The molecule has 0 spiro atoms. The second kappa shape index (κ2) is 4.09. The van der Waals surface area contributed by atoms with E-state index in [0.717, 1.165) is 24.3 Å². The van der Waals surface area contributed by atoms with Gasteiger partial charge >= 0.3 is 0 Å². The van der Waals surface area contributed by atoms with Gasteiger partial charge < -0.3 is 9.72 Å². The molecule has 86 valence electrons. The first kappa shape index (κ1) is 10.1. The van der Waals surface area contributed by atoms with Crippen molar-refractivity contribution in [1.29, 1.82) is 0 Å². The van der Waals surface area contributed by atoms with E-state index in [0.29, 0.717) is 0 Å². The number of allylic oxidation sites excluding steroid dienone is 1. The fourth-order valence-corrected chi connectivity index (χ4v) is 2.30. The number of methoxy groups -OCH3 is 1. The lowest BCUT2D eigenvalue weighted by molar-refractivity contribution is 0.414. The average Bonchev–Trinajstić information content (AvgIpc) is 2.99. The molecule has 2 aromatic rings. The maximum Gasteiger partial charge on any atom is 0.119 e. The minimum Gasteiger partial charge on any atom is -0.497 e. The molecule has 1 heterocycles. The quantitative estimate of drug-likeness (QED) is 0.855. The van der Waals surface area contributed by atoms with Crippen LogP contribution in [0.15, 0.2) is 30.7 Å². The van der Waals surface area contributed by atoms with Crippen LogP contribution in [0, 0.1) is 0 Å². The highest BCUT2D eigenvalue weighted by Crippen LogP contribution is 2.35. The van der Waals surface area contributed by atoms with Crippen LogP contribution in [0.2, 0.25) is 0 Å². The maximum absolute atomic E-state index is 5.24. The highest BCUT2D eigenvalue weighted by Gasteiger charge is 2.16. The molecule has 0 amide bonds. The Kier molecular flexibility index (Phi) is 2.44. The number of imidazole rings is 1. The molecule has 3 nitrogen and oxygen atoms in total. The van der Waals surface area contributed by atoms with Crippen molar-refractivity contribution in [2.24, 2.45) is 0 Å². The molecule has 1 N–H and O–H groups in total. The molecule has 3 heteroatoms. The summed E-state index contributed by atoms with van der Waals surface area (Å²) in [5.74, 6) is 0.935. The summed E-state index contributed by atoms with van der Waals surface area (Å²) < 4.78 is 5.24. The molecule has 1 aliphatic rings. The number of benzene rings is 1. The van der Waals surface area contributed by atoms with Gasteiger partial charge in [-0.2, -0.15) is 0 Å². The second-order valence-corrected chi connectivity index (χ2v) is 4.19. The zero-order valence-electron chi connectivity index (χ0n) is 9.73. The van der Waals surface area contributed by atoms with Crippen molar-refractivity contribution in [1.82, 2.24) is 9.97 Å². The lowest BCUT2D eigenvalue weighted by Crippen LogP contribution is -1.86. The highest BCUT2D eigenvalue weighted by molar-refractivity contribution is 5.84. The van der Waals surface area contributed by atoms with Crippen LogP contribution in [-0.4, -0.2) is 17.1 Å². The Labute approximate surface area is 100 Å². The van der Waals surface area contributed by atoms with E-state index in [-0.39, 0.29) is 0 Å². The van der Waals surface area contributed by atoms with Crippen molar-refractivity contribution in [2.75, 3.05) is 7.11 Å². The summed E-state index contributed by atoms with van der Waals surface area (Å²) in [6.45, 7) is 0. The minimum absolute atomic E-state index is 0.935. The van der Waals surface area contributed by atoms with Gasteiger partial charge in [0.25, 0.3) is 0 Å². The molecular weight excluding hydrogens is 212 g/mol. The fraction of sp³-hybridized carbons (Fsp3) is 0.214. The van der Waals surface area contributed by atoms with Gasteiger partial charge in [-0.05, 0) is 47.8 Å². The van der Waals surface area contributed by atoms with Gasteiger partial charge in [-0.15, -0.1) is 0 Å². The van der Waals surface area contributed by atoms with Gasteiger partial charge in [-0.1, -0.05) is 6.07 Å². The maximum atomic E-state index is 5.24. The summed E-state index contributed by atoms with van der Waals surface area (Å²) in [4.78, 5) is 7.20. The van der Waals surface area contributed by atoms with E-state index in [4.69, 9.17) is 4.74 Å². The van der Waals surface area contributed by atoms with Crippen LogP contribution in [0.4, 0.5) is 0 Å².